The molecular formula is C16H34ClN. The van der Waals surface area contributed by atoms with Gasteiger partial charge >= 0.3 is 0 Å². The minimum absolute atomic E-state index is 0.840. The number of hydrogen-bond donors (Lipinski definition) is 0. The molecule has 18 heavy (non-hydrogen) atoms. The van der Waals surface area contributed by atoms with Crippen LogP contribution in [-0.4, -0.2) is 30.4 Å². The summed E-state index contributed by atoms with van der Waals surface area (Å²) in [5.74, 6) is 0.840. The van der Waals surface area contributed by atoms with E-state index in [9.17, 15) is 0 Å². The molecule has 0 heterocycles. The van der Waals surface area contributed by atoms with Crippen molar-refractivity contribution >= 4 is 11.6 Å². The third-order valence-electron chi connectivity index (χ3n) is 3.75. The van der Waals surface area contributed by atoms with Gasteiger partial charge in [-0.3, -0.25) is 0 Å². The summed E-state index contributed by atoms with van der Waals surface area (Å²) in [7, 11) is 0. The van der Waals surface area contributed by atoms with Crippen molar-refractivity contribution in [1.29, 1.82) is 0 Å². The number of hydrogen-bond acceptors (Lipinski definition) is 1. The second kappa shape index (κ2) is 15.3. The van der Waals surface area contributed by atoms with Gasteiger partial charge in [0.2, 0.25) is 0 Å². The standard InChI is InChI=1S/C16H34ClN/c1-3-18(4-2)16-14-12-10-8-6-5-7-9-11-13-15-17/h3-16H2,1-2H3. The van der Waals surface area contributed by atoms with Crippen LogP contribution in [-0.2, 0) is 0 Å². The first-order chi connectivity index (χ1) is 8.85. The van der Waals surface area contributed by atoms with E-state index < -0.39 is 0 Å². The predicted octanol–water partition coefficient (Wildman–Crippen LogP) is 5.47. The zero-order valence-electron chi connectivity index (χ0n) is 12.7. The Bertz CT molecular complexity index is 146. The number of unbranched alkanes of at least 4 members (excludes halogenated alkanes) is 9. The van der Waals surface area contributed by atoms with E-state index >= 15 is 0 Å². The van der Waals surface area contributed by atoms with Crippen molar-refractivity contribution in [3.63, 3.8) is 0 Å². The number of alkyl halides is 1. The highest BCUT2D eigenvalue weighted by molar-refractivity contribution is 6.17. The highest BCUT2D eigenvalue weighted by Crippen LogP contribution is 2.11. The van der Waals surface area contributed by atoms with Gasteiger partial charge in [-0.25, -0.2) is 0 Å². The lowest BCUT2D eigenvalue weighted by atomic mass is 10.1. The van der Waals surface area contributed by atoms with Gasteiger partial charge in [0.25, 0.3) is 0 Å². The molecule has 0 bridgehead atoms. The van der Waals surface area contributed by atoms with Gasteiger partial charge in [-0.05, 0) is 32.5 Å². The van der Waals surface area contributed by atoms with E-state index in [0.29, 0.717) is 0 Å². The van der Waals surface area contributed by atoms with Crippen LogP contribution in [0.5, 0.6) is 0 Å². The van der Waals surface area contributed by atoms with Crippen LogP contribution in [0.3, 0.4) is 0 Å². The lowest BCUT2D eigenvalue weighted by Gasteiger charge is -2.17. The molecule has 0 aliphatic carbocycles. The summed E-state index contributed by atoms with van der Waals surface area (Å²) in [5.41, 5.74) is 0. The quantitative estimate of drug-likeness (QED) is 0.300. The number of halogens is 1. The molecule has 0 fully saturated rings. The van der Waals surface area contributed by atoms with Gasteiger partial charge in [-0.2, -0.15) is 0 Å². The van der Waals surface area contributed by atoms with E-state index in [2.05, 4.69) is 18.7 Å². The first-order valence-corrected chi connectivity index (χ1v) is 8.66. The summed E-state index contributed by atoms with van der Waals surface area (Å²) in [6.45, 7) is 8.23. The Morgan fingerprint density at radius 2 is 1.00 bits per heavy atom. The summed E-state index contributed by atoms with van der Waals surface area (Å²) in [4.78, 5) is 2.52. The van der Waals surface area contributed by atoms with Gasteiger partial charge in [-0.1, -0.05) is 65.2 Å². The largest absolute Gasteiger partial charge is 0.304 e. The summed E-state index contributed by atoms with van der Waals surface area (Å²) in [6.07, 6.45) is 13.9. The lowest BCUT2D eigenvalue weighted by molar-refractivity contribution is 0.295. The Balaban J connectivity index is 3.03. The van der Waals surface area contributed by atoms with Crippen molar-refractivity contribution in [3.05, 3.63) is 0 Å². The average Bonchev–Trinajstić information content (AvgIpc) is 2.40. The molecule has 0 amide bonds. The van der Waals surface area contributed by atoms with Crippen LogP contribution in [0, 0.1) is 0 Å². The maximum absolute atomic E-state index is 5.65. The van der Waals surface area contributed by atoms with Crippen molar-refractivity contribution in [3.8, 4) is 0 Å². The maximum atomic E-state index is 5.65. The Kier molecular flexibility index (Phi) is 15.5. The fourth-order valence-electron chi connectivity index (χ4n) is 2.38. The van der Waals surface area contributed by atoms with Gasteiger partial charge < -0.3 is 4.90 Å². The smallest absolute Gasteiger partial charge is 0.0223 e. The lowest BCUT2D eigenvalue weighted by Crippen LogP contribution is -2.23. The van der Waals surface area contributed by atoms with Crippen molar-refractivity contribution in [2.75, 3.05) is 25.5 Å². The zero-order valence-corrected chi connectivity index (χ0v) is 13.5. The molecule has 0 unspecified atom stereocenters. The van der Waals surface area contributed by atoms with Crippen LogP contribution in [0.25, 0.3) is 0 Å². The second-order valence-corrected chi connectivity index (χ2v) is 5.63. The van der Waals surface area contributed by atoms with Crippen LogP contribution >= 0.6 is 11.6 Å². The van der Waals surface area contributed by atoms with Crippen LogP contribution in [0.2, 0.25) is 0 Å². The molecule has 110 valence electrons. The summed E-state index contributed by atoms with van der Waals surface area (Å²) in [6, 6.07) is 0. The first kappa shape index (κ1) is 18.2. The summed E-state index contributed by atoms with van der Waals surface area (Å²) < 4.78 is 0. The monoisotopic (exact) mass is 275 g/mol. The minimum atomic E-state index is 0.840. The fraction of sp³-hybridized carbons (Fsp3) is 1.00. The molecule has 0 saturated heterocycles. The highest BCUT2D eigenvalue weighted by Gasteiger charge is 1.98. The Morgan fingerprint density at radius 3 is 1.39 bits per heavy atom. The topological polar surface area (TPSA) is 3.24 Å². The third-order valence-corrected chi connectivity index (χ3v) is 4.02. The number of nitrogens with zero attached hydrogens (tertiary/aromatic N) is 1. The molecule has 0 aromatic heterocycles. The Labute approximate surface area is 120 Å². The molecule has 0 aliphatic heterocycles. The van der Waals surface area contributed by atoms with Crippen LogP contribution in [0.4, 0.5) is 0 Å². The van der Waals surface area contributed by atoms with E-state index in [4.69, 9.17) is 11.6 Å². The van der Waals surface area contributed by atoms with Crippen molar-refractivity contribution < 1.29 is 0 Å². The fourth-order valence-corrected chi connectivity index (χ4v) is 2.57. The summed E-state index contributed by atoms with van der Waals surface area (Å²) in [5, 5.41) is 0. The van der Waals surface area contributed by atoms with Crippen LogP contribution < -0.4 is 0 Å². The maximum Gasteiger partial charge on any atom is 0.0223 e. The van der Waals surface area contributed by atoms with Crippen LogP contribution in [0.1, 0.15) is 78.1 Å². The van der Waals surface area contributed by atoms with Gasteiger partial charge in [0.05, 0.1) is 0 Å². The first-order valence-electron chi connectivity index (χ1n) is 8.13. The molecule has 0 aromatic carbocycles. The van der Waals surface area contributed by atoms with Gasteiger partial charge in [-0.15, -0.1) is 11.6 Å². The molecule has 0 radical (unpaired) electrons. The zero-order chi connectivity index (χ0) is 13.5. The summed E-state index contributed by atoms with van der Waals surface area (Å²) >= 11 is 5.65. The Hall–Kier alpha value is 0.250. The minimum Gasteiger partial charge on any atom is -0.304 e. The second-order valence-electron chi connectivity index (χ2n) is 5.25. The molecule has 0 saturated carbocycles. The molecule has 0 spiro atoms. The molecule has 2 heteroatoms. The van der Waals surface area contributed by atoms with E-state index in [0.717, 1.165) is 5.88 Å². The van der Waals surface area contributed by atoms with E-state index in [1.807, 2.05) is 0 Å². The molecule has 0 aliphatic rings. The SMILES string of the molecule is CCN(CC)CCCCCCCCCCCCCl. The van der Waals surface area contributed by atoms with Gasteiger partial charge in [0, 0.05) is 5.88 Å². The average molecular weight is 276 g/mol. The van der Waals surface area contributed by atoms with Crippen LogP contribution in [0.15, 0.2) is 0 Å². The molecular weight excluding hydrogens is 242 g/mol. The molecule has 0 N–H and O–H groups in total. The molecule has 0 aromatic rings. The van der Waals surface area contributed by atoms with E-state index in [1.165, 1.54) is 83.8 Å². The Morgan fingerprint density at radius 1 is 0.611 bits per heavy atom. The molecule has 0 atom stereocenters. The van der Waals surface area contributed by atoms with E-state index in [-0.39, 0.29) is 0 Å². The molecule has 0 rings (SSSR count). The van der Waals surface area contributed by atoms with Crippen molar-refractivity contribution in [2.45, 2.75) is 78.1 Å². The molecule has 1 nitrogen and oxygen atoms in total. The normalized spacial score (nSPS) is 11.3. The predicted molar refractivity (Wildman–Crippen MR) is 84.7 cm³/mol. The van der Waals surface area contributed by atoms with E-state index in [1.54, 1.807) is 0 Å². The highest BCUT2D eigenvalue weighted by atomic mass is 35.5. The number of rotatable bonds is 14. The van der Waals surface area contributed by atoms with Gasteiger partial charge in [0.1, 0.15) is 0 Å². The van der Waals surface area contributed by atoms with Crippen molar-refractivity contribution in [2.24, 2.45) is 0 Å². The van der Waals surface area contributed by atoms with Crippen molar-refractivity contribution in [1.82, 2.24) is 4.90 Å². The third kappa shape index (κ3) is 12.7. The van der Waals surface area contributed by atoms with Gasteiger partial charge in [0.15, 0.2) is 0 Å².